The number of hydrogen-bond acceptors (Lipinski definition) is 2. The maximum absolute atomic E-state index is 12.3. The van der Waals surface area contributed by atoms with Gasteiger partial charge in [0.25, 0.3) is 0 Å². The van der Waals surface area contributed by atoms with Crippen LogP contribution in [0.25, 0.3) is 0 Å². The summed E-state index contributed by atoms with van der Waals surface area (Å²) in [5.41, 5.74) is -2.54. The van der Waals surface area contributed by atoms with Crippen LogP contribution in [0.2, 0.25) is 0 Å². The zero-order chi connectivity index (χ0) is 9.57. The number of halogens is 3. The first kappa shape index (κ1) is 9.09. The summed E-state index contributed by atoms with van der Waals surface area (Å²) < 4.78 is 40.9. The number of carbonyl (C=O) groups is 1. The molecule has 68 valence electrons. The van der Waals surface area contributed by atoms with E-state index in [1.54, 1.807) is 0 Å². The molecule has 0 spiro atoms. The average Bonchev–Trinajstić information content (AvgIpc) is 2.06. The van der Waals surface area contributed by atoms with Crippen LogP contribution in [0.5, 0.6) is 0 Å². The molecule has 0 radical (unpaired) electrons. The fourth-order valence-electron chi connectivity index (χ4n) is 0.907. The van der Waals surface area contributed by atoms with Crippen LogP contribution in [0.4, 0.5) is 13.2 Å². The van der Waals surface area contributed by atoms with Crippen molar-refractivity contribution in [1.29, 1.82) is 0 Å². The summed E-state index contributed by atoms with van der Waals surface area (Å²) in [6.45, 7) is 2.06. The second-order valence-corrected chi connectivity index (χ2v) is 2.78. The van der Waals surface area contributed by atoms with Crippen LogP contribution in [0.15, 0.2) is 11.6 Å². The van der Waals surface area contributed by atoms with Crippen molar-refractivity contribution < 1.29 is 22.7 Å². The van der Waals surface area contributed by atoms with Crippen LogP contribution < -0.4 is 0 Å². The molecule has 0 aliphatic carbocycles. The van der Waals surface area contributed by atoms with Crippen molar-refractivity contribution in [2.24, 2.45) is 0 Å². The highest BCUT2D eigenvalue weighted by molar-refractivity contribution is 5.86. The number of hydrogen-bond donors (Lipinski definition) is 0. The molecule has 1 aliphatic rings. The Kier molecular flexibility index (Phi) is 1.70. The van der Waals surface area contributed by atoms with Gasteiger partial charge in [-0.15, -0.1) is 0 Å². The van der Waals surface area contributed by atoms with E-state index in [0.29, 0.717) is 0 Å². The normalized spacial score (nSPS) is 30.1. The van der Waals surface area contributed by atoms with Gasteiger partial charge in [0.15, 0.2) is 0 Å². The van der Waals surface area contributed by atoms with Crippen LogP contribution in [0.1, 0.15) is 13.8 Å². The standard InChI is InChI=1S/C7H7F3O2/c1-4-3-5(11)12-6(4,2)7(8,9)10/h3H,1-2H3/t6-/m1/s1. The highest BCUT2D eigenvalue weighted by Gasteiger charge is 2.58. The molecule has 0 aromatic heterocycles. The molecular formula is C7H7F3O2. The first-order valence-corrected chi connectivity index (χ1v) is 3.26. The first-order chi connectivity index (χ1) is 5.27. The van der Waals surface area contributed by atoms with Gasteiger partial charge in [0.1, 0.15) is 0 Å². The zero-order valence-corrected chi connectivity index (χ0v) is 6.53. The molecule has 1 heterocycles. The summed E-state index contributed by atoms with van der Waals surface area (Å²) in [5, 5.41) is 0. The Labute approximate surface area is 67.0 Å². The topological polar surface area (TPSA) is 26.3 Å². The van der Waals surface area contributed by atoms with Gasteiger partial charge in [-0.1, -0.05) is 0 Å². The Bertz CT molecular complexity index is 254. The molecule has 0 saturated heterocycles. The fourth-order valence-corrected chi connectivity index (χ4v) is 0.907. The zero-order valence-electron chi connectivity index (χ0n) is 6.53. The molecule has 12 heavy (non-hydrogen) atoms. The van der Waals surface area contributed by atoms with E-state index in [2.05, 4.69) is 4.74 Å². The number of esters is 1. The van der Waals surface area contributed by atoms with Crippen LogP contribution in [0.3, 0.4) is 0 Å². The number of cyclic esters (lactones) is 1. The quantitative estimate of drug-likeness (QED) is 0.531. The Morgan fingerprint density at radius 1 is 1.50 bits per heavy atom. The van der Waals surface area contributed by atoms with Gasteiger partial charge in [0.2, 0.25) is 5.60 Å². The summed E-state index contributed by atoms with van der Waals surface area (Å²) in [6, 6.07) is 0. The average molecular weight is 180 g/mol. The first-order valence-electron chi connectivity index (χ1n) is 3.26. The highest BCUT2D eigenvalue weighted by Crippen LogP contribution is 2.41. The molecular weight excluding hydrogens is 173 g/mol. The Hall–Kier alpha value is -1.00. The van der Waals surface area contributed by atoms with E-state index in [1.807, 2.05) is 0 Å². The van der Waals surface area contributed by atoms with Crippen molar-refractivity contribution in [3.63, 3.8) is 0 Å². The molecule has 1 atom stereocenters. The number of ether oxygens (including phenoxy) is 1. The molecule has 2 nitrogen and oxygen atoms in total. The van der Waals surface area contributed by atoms with Gasteiger partial charge in [-0.2, -0.15) is 13.2 Å². The van der Waals surface area contributed by atoms with Gasteiger partial charge in [0.05, 0.1) is 0 Å². The van der Waals surface area contributed by atoms with Crippen molar-refractivity contribution in [2.45, 2.75) is 25.6 Å². The van der Waals surface area contributed by atoms with Crippen LogP contribution in [-0.4, -0.2) is 17.7 Å². The van der Waals surface area contributed by atoms with Gasteiger partial charge < -0.3 is 4.74 Å². The van der Waals surface area contributed by atoms with Gasteiger partial charge in [-0.25, -0.2) is 4.79 Å². The third-order valence-electron chi connectivity index (χ3n) is 1.93. The largest absolute Gasteiger partial charge is 0.442 e. The molecule has 1 aliphatic heterocycles. The molecule has 1 rings (SSSR count). The Balaban J connectivity index is 3.04. The van der Waals surface area contributed by atoms with Crippen molar-refractivity contribution in [1.82, 2.24) is 0 Å². The third-order valence-corrected chi connectivity index (χ3v) is 1.93. The lowest BCUT2D eigenvalue weighted by molar-refractivity contribution is -0.242. The van der Waals surface area contributed by atoms with Crippen LogP contribution in [-0.2, 0) is 9.53 Å². The van der Waals surface area contributed by atoms with Gasteiger partial charge in [-0.05, 0) is 19.4 Å². The predicted octanol–water partition coefficient (Wildman–Crippen LogP) is 1.81. The van der Waals surface area contributed by atoms with Gasteiger partial charge in [-0.3, -0.25) is 0 Å². The van der Waals surface area contributed by atoms with E-state index >= 15 is 0 Å². The van der Waals surface area contributed by atoms with Crippen molar-refractivity contribution in [2.75, 3.05) is 0 Å². The number of rotatable bonds is 0. The minimum absolute atomic E-state index is 0.111. The van der Waals surface area contributed by atoms with Crippen molar-refractivity contribution in [3.8, 4) is 0 Å². The molecule has 0 bridgehead atoms. The van der Waals surface area contributed by atoms with Gasteiger partial charge in [0, 0.05) is 6.08 Å². The van der Waals surface area contributed by atoms with E-state index in [-0.39, 0.29) is 5.57 Å². The van der Waals surface area contributed by atoms with Crippen molar-refractivity contribution >= 4 is 5.97 Å². The van der Waals surface area contributed by atoms with Crippen molar-refractivity contribution in [3.05, 3.63) is 11.6 Å². The maximum Gasteiger partial charge on any atom is 0.432 e. The lowest BCUT2D eigenvalue weighted by Gasteiger charge is -2.27. The lowest BCUT2D eigenvalue weighted by atomic mass is 9.98. The summed E-state index contributed by atoms with van der Waals surface area (Å²) in [7, 11) is 0. The summed E-state index contributed by atoms with van der Waals surface area (Å²) in [6.07, 6.45) is -3.69. The molecule has 0 aromatic carbocycles. The Morgan fingerprint density at radius 3 is 2.17 bits per heavy atom. The molecule has 5 heteroatoms. The summed E-state index contributed by atoms with van der Waals surface area (Å²) >= 11 is 0. The van der Waals surface area contributed by atoms with E-state index in [9.17, 15) is 18.0 Å². The minimum atomic E-state index is -4.54. The second-order valence-electron chi connectivity index (χ2n) is 2.78. The Morgan fingerprint density at radius 2 is 2.00 bits per heavy atom. The summed E-state index contributed by atoms with van der Waals surface area (Å²) in [5.74, 6) is -0.938. The monoisotopic (exact) mass is 180 g/mol. The molecule has 0 aromatic rings. The maximum atomic E-state index is 12.3. The molecule has 0 amide bonds. The van der Waals surface area contributed by atoms with Crippen LogP contribution in [0, 0.1) is 0 Å². The third kappa shape index (κ3) is 1.09. The number of alkyl halides is 3. The molecule has 0 N–H and O–H groups in total. The second kappa shape index (κ2) is 2.24. The fraction of sp³-hybridized carbons (Fsp3) is 0.571. The molecule has 0 fully saturated rings. The van der Waals surface area contributed by atoms with E-state index in [1.165, 1.54) is 6.92 Å². The van der Waals surface area contributed by atoms with Gasteiger partial charge >= 0.3 is 12.1 Å². The van der Waals surface area contributed by atoms with Crippen LogP contribution >= 0.6 is 0 Å². The highest BCUT2D eigenvalue weighted by atomic mass is 19.4. The number of carbonyl (C=O) groups excluding carboxylic acids is 1. The SMILES string of the molecule is CC1=CC(=O)O[C@@]1(C)C(F)(F)F. The smallest absolute Gasteiger partial charge is 0.432 e. The summed E-state index contributed by atoms with van der Waals surface area (Å²) in [4.78, 5) is 10.5. The predicted molar refractivity (Wildman–Crippen MR) is 34.3 cm³/mol. The van der Waals surface area contributed by atoms with E-state index in [0.717, 1.165) is 13.0 Å². The molecule has 0 unspecified atom stereocenters. The minimum Gasteiger partial charge on any atom is -0.442 e. The van der Waals surface area contributed by atoms with E-state index in [4.69, 9.17) is 0 Å². The van der Waals surface area contributed by atoms with E-state index < -0.39 is 17.7 Å². The lowest BCUT2D eigenvalue weighted by Crippen LogP contribution is -2.43. The molecule has 0 saturated carbocycles.